The van der Waals surface area contributed by atoms with E-state index < -0.39 is 18.2 Å². The van der Waals surface area contributed by atoms with E-state index >= 15 is 0 Å². The summed E-state index contributed by atoms with van der Waals surface area (Å²) in [6, 6.07) is 4.27. The van der Waals surface area contributed by atoms with E-state index in [0.717, 1.165) is 19.3 Å². The third kappa shape index (κ3) is 3.33. The number of rotatable bonds is 4. The van der Waals surface area contributed by atoms with Crippen molar-refractivity contribution in [2.45, 2.75) is 45.8 Å². The molecule has 0 bridgehead atoms. The first-order valence-corrected chi connectivity index (χ1v) is 6.39. The highest BCUT2D eigenvalue weighted by Crippen LogP contribution is 2.39. The lowest BCUT2D eigenvalue weighted by Gasteiger charge is -2.28. The van der Waals surface area contributed by atoms with Gasteiger partial charge >= 0.3 is 6.61 Å². The van der Waals surface area contributed by atoms with Crippen molar-refractivity contribution in [3.05, 3.63) is 24.0 Å². The summed E-state index contributed by atoms with van der Waals surface area (Å²) in [5.74, 6) is -1.20. The smallest absolute Gasteiger partial charge is 0.387 e. The van der Waals surface area contributed by atoms with Gasteiger partial charge in [-0.05, 0) is 30.4 Å². The standard InChI is InChI=1S/C14H18F3NO/c1-14(2)7-3-4-12(14)18-9-5-6-11(10(15)8-9)19-13(16)17/h5-6,8,12-13,18H,3-4,7H2,1-2H3. The molecule has 1 N–H and O–H groups in total. The number of hydrogen-bond donors (Lipinski definition) is 1. The molecule has 2 rings (SSSR count). The second-order valence-corrected chi connectivity index (χ2v) is 5.60. The second kappa shape index (κ2) is 5.31. The quantitative estimate of drug-likeness (QED) is 0.877. The van der Waals surface area contributed by atoms with Crippen molar-refractivity contribution in [1.82, 2.24) is 0 Å². The number of alkyl halides is 2. The molecular formula is C14H18F3NO. The molecule has 1 atom stereocenters. The molecule has 1 aliphatic carbocycles. The van der Waals surface area contributed by atoms with Gasteiger partial charge in [0, 0.05) is 17.8 Å². The van der Waals surface area contributed by atoms with Crippen LogP contribution in [0.25, 0.3) is 0 Å². The number of ether oxygens (including phenoxy) is 1. The number of anilines is 1. The van der Waals surface area contributed by atoms with E-state index in [2.05, 4.69) is 23.9 Å². The number of nitrogens with one attached hydrogen (secondary N) is 1. The molecule has 19 heavy (non-hydrogen) atoms. The van der Waals surface area contributed by atoms with Crippen molar-refractivity contribution >= 4 is 5.69 Å². The fourth-order valence-corrected chi connectivity index (χ4v) is 2.58. The van der Waals surface area contributed by atoms with E-state index in [4.69, 9.17) is 0 Å². The van der Waals surface area contributed by atoms with Gasteiger partial charge in [0.1, 0.15) is 0 Å². The summed E-state index contributed by atoms with van der Waals surface area (Å²) in [5.41, 5.74) is 0.758. The Morgan fingerprint density at radius 1 is 1.37 bits per heavy atom. The van der Waals surface area contributed by atoms with Gasteiger partial charge in [0.2, 0.25) is 0 Å². The molecule has 1 saturated carbocycles. The molecule has 0 radical (unpaired) electrons. The zero-order valence-corrected chi connectivity index (χ0v) is 11.1. The normalized spacial score (nSPS) is 21.7. The number of benzene rings is 1. The summed E-state index contributed by atoms with van der Waals surface area (Å²) in [6.07, 6.45) is 3.29. The van der Waals surface area contributed by atoms with E-state index in [-0.39, 0.29) is 11.5 Å². The van der Waals surface area contributed by atoms with E-state index in [1.807, 2.05) is 0 Å². The second-order valence-electron chi connectivity index (χ2n) is 5.60. The van der Waals surface area contributed by atoms with Gasteiger partial charge < -0.3 is 10.1 Å². The minimum absolute atomic E-state index is 0.161. The minimum Gasteiger partial charge on any atom is -0.432 e. The summed E-state index contributed by atoms with van der Waals surface area (Å²) < 4.78 is 41.7. The van der Waals surface area contributed by atoms with Crippen LogP contribution in [-0.4, -0.2) is 12.7 Å². The molecule has 1 aromatic rings. The molecule has 0 saturated heterocycles. The predicted octanol–water partition coefficient (Wildman–Crippen LogP) is 4.42. The largest absolute Gasteiger partial charge is 0.432 e. The van der Waals surface area contributed by atoms with E-state index in [1.165, 1.54) is 12.1 Å². The van der Waals surface area contributed by atoms with Crippen LogP contribution in [0.4, 0.5) is 18.9 Å². The van der Waals surface area contributed by atoms with Crippen LogP contribution in [0.15, 0.2) is 18.2 Å². The topological polar surface area (TPSA) is 21.3 Å². The monoisotopic (exact) mass is 273 g/mol. The Labute approximate surface area is 111 Å². The first-order valence-electron chi connectivity index (χ1n) is 6.39. The maximum absolute atomic E-state index is 13.6. The molecule has 5 heteroatoms. The average molecular weight is 273 g/mol. The lowest BCUT2D eigenvalue weighted by atomic mass is 9.87. The van der Waals surface area contributed by atoms with Crippen LogP contribution in [0.5, 0.6) is 5.75 Å². The molecule has 1 unspecified atom stereocenters. The van der Waals surface area contributed by atoms with Crippen molar-refractivity contribution in [2.75, 3.05) is 5.32 Å². The van der Waals surface area contributed by atoms with Gasteiger partial charge in [-0.1, -0.05) is 20.3 Å². The molecule has 0 amide bonds. The molecule has 0 aliphatic heterocycles. The van der Waals surface area contributed by atoms with E-state index in [1.54, 1.807) is 6.07 Å². The van der Waals surface area contributed by atoms with Gasteiger partial charge in [0.15, 0.2) is 11.6 Å². The van der Waals surface area contributed by atoms with E-state index in [9.17, 15) is 13.2 Å². The highest BCUT2D eigenvalue weighted by molar-refractivity contribution is 5.48. The zero-order chi connectivity index (χ0) is 14.0. The van der Waals surface area contributed by atoms with Crippen LogP contribution >= 0.6 is 0 Å². The Hall–Kier alpha value is -1.39. The molecule has 106 valence electrons. The fourth-order valence-electron chi connectivity index (χ4n) is 2.58. The van der Waals surface area contributed by atoms with Gasteiger partial charge in [0.25, 0.3) is 0 Å². The van der Waals surface area contributed by atoms with Crippen LogP contribution in [0.3, 0.4) is 0 Å². The maximum Gasteiger partial charge on any atom is 0.387 e. The number of hydrogen-bond acceptors (Lipinski definition) is 2. The van der Waals surface area contributed by atoms with Crippen LogP contribution in [0, 0.1) is 11.2 Å². The van der Waals surface area contributed by atoms with E-state index in [0.29, 0.717) is 5.69 Å². The lowest BCUT2D eigenvalue weighted by Crippen LogP contribution is -2.30. The molecule has 1 aromatic carbocycles. The maximum atomic E-state index is 13.6. The van der Waals surface area contributed by atoms with Gasteiger partial charge in [-0.3, -0.25) is 0 Å². The van der Waals surface area contributed by atoms with Gasteiger partial charge in [-0.25, -0.2) is 4.39 Å². The molecular weight excluding hydrogens is 255 g/mol. The molecule has 0 spiro atoms. The highest BCUT2D eigenvalue weighted by Gasteiger charge is 2.34. The SMILES string of the molecule is CC1(C)CCCC1Nc1ccc(OC(F)F)c(F)c1. The van der Waals surface area contributed by atoms with Crippen LogP contribution < -0.4 is 10.1 Å². The summed E-state index contributed by atoms with van der Waals surface area (Å²) >= 11 is 0. The Bertz CT molecular complexity index is 448. The zero-order valence-electron chi connectivity index (χ0n) is 11.1. The first-order chi connectivity index (χ1) is 8.88. The molecule has 1 fully saturated rings. The summed E-state index contributed by atoms with van der Waals surface area (Å²) in [6.45, 7) is 1.33. The van der Waals surface area contributed by atoms with Crippen molar-refractivity contribution in [3.8, 4) is 5.75 Å². The molecule has 1 aliphatic rings. The Balaban J connectivity index is 2.08. The summed E-state index contributed by atoms with van der Waals surface area (Å²) in [7, 11) is 0. The first kappa shape index (κ1) is 14.0. The summed E-state index contributed by atoms with van der Waals surface area (Å²) in [4.78, 5) is 0. The van der Waals surface area contributed by atoms with Gasteiger partial charge in [-0.15, -0.1) is 0 Å². The van der Waals surface area contributed by atoms with Crippen molar-refractivity contribution in [3.63, 3.8) is 0 Å². The average Bonchev–Trinajstić information content (AvgIpc) is 2.62. The predicted molar refractivity (Wildman–Crippen MR) is 68.1 cm³/mol. The third-order valence-corrected chi connectivity index (χ3v) is 3.75. The Morgan fingerprint density at radius 3 is 2.63 bits per heavy atom. The Kier molecular flexibility index (Phi) is 3.92. The number of halogens is 3. The van der Waals surface area contributed by atoms with Gasteiger partial charge in [-0.2, -0.15) is 8.78 Å². The van der Waals surface area contributed by atoms with Crippen molar-refractivity contribution < 1.29 is 17.9 Å². The van der Waals surface area contributed by atoms with Crippen molar-refractivity contribution in [1.29, 1.82) is 0 Å². The van der Waals surface area contributed by atoms with Gasteiger partial charge in [0.05, 0.1) is 0 Å². The minimum atomic E-state index is -3.01. The van der Waals surface area contributed by atoms with Crippen LogP contribution in [0.2, 0.25) is 0 Å². The van der Waals surface area contributed by atoms with Crippen LogP contribution in [-0.2, 0) is 0 Å². The Morgan fingerprint density at radius 2 is 2.11 bits per heavy atom. The summed E-state index contributed by atoms with van der Waals surface area (Å²) in [5, 5.41) is 3.27. The van der Waals surface area contributed by atoms with Crippen molar-refractivity contribution in [2.24, 2.45) is 5.41 Å². The molecule has 2 nitrogen and oxygen atoms in total. The highest BCUT2D eigenvalue weighted by atomic mass is 19.3. The fraction of sp³-hybridized carbons (Fsp3) is 0.571. The van der Waals surface area contributed by atoms with Crippen LogP contribution in [0.1, 0.15) is 33.1 Å². The molecule has 0 aromatic heterocycles. The molecule has 0 heterocycles. The lowest BCUT2D eigenvalue weighted by molar-refractivity contribution is -0.0521. The third-order valence-electron chi connectivity index (χ3n) is 3.75.